The van der Waals surface area contributed by atoms with Gasteiger partial charge in [-0.15, -0.1) is 0 Å². The number of esters is 1. The summed E-state index contributed by atoms with van der Waals surface area (Å²) in [5, 5.41) is 0. The zero-order valence-corrected chi connectivity index (χ0v) is 17.9. The normalized spacial score (nSPS) is 15.2. The quantitative estimate of drug-likeness (QED) is 0.482. The Balaban J connectivity index is 1.53. The maximum Gasteiger partial charge on any atom is 0.305 e. The summed E-state index contributed by atoms with van der Waals surface area (Å²) in [6, 6.07) is 21.5. The van der Waals surface area contributed by atoms with Gasteiger partial charge in [0.15, 0.2) is 0 Å². The average molecular weight is 401 g/mol. The van der Waals surface area contributed by atoms with Gasteiger partial charge in [0.2, 0.25) is 0 Å². The van der Waals surface area contributed by atoms with E-state index in [4.69, 9.17) is 9.47 Å². The van der Waals surface area contributed by atoms with Crippen molar-refractivity contribution in [3.63, 3.8) is 0 Å². The highest BCUT2D eigenvalue weighted by Gasteiger charge is 2.22. The Morgan fingerprint density at radius 3 is 2.57 bits per heavy atom. The van der Waals surface area contributed by atoms with Crippen LogP contribution in [-0.2, 0) is 22.4 Å². The monoisotopic (exact) mass is 400 g/mol. The van der Waals surface area contributed by atoms with Crippen molar-refractivity contribution in [3.05, 3.63) is 88.5 Å². The minimum absolute atomic E-state index is 0.0580. The van der Waals surface area contributed by atoms with Crippen LogP contribution in [0.4, 0.5) is 0 Å². The van der Waals surface area contributed by atoms with Gasteiger partial charge in [-0.3, -0.25) is 4.79 Å². The van der Waals surface area contributed by atoms with Gasteiger partial charge in [-0.1, -0.05) is 48.5 Å². The van der Waals surface area contributed by atoms with Crippen LogP contribution in [0.1, 0.15) is 46.8 Å². The standard InChI is InChI=1S/C27H28O3/c1-18-6-4-7-19(2)27(18)23-9-5-8-21(17-23)25-14-12-22-16-20(10-13-24(22)30-25)11-15-26(28)29-3/h4-10,13,16-17,25H,11-12,14-15H2,1-3H3. The molecule has 3 heteroatoms. The van der Waals surface area contributed by atoms with Crippen molar-refractivity contribution in [2.24, 2.45) is 0 Å². The van der Waals surface area contributed by atoms with Gasteiger partial charge >= 0.3 is 5.97 Å². The molecule has 0 fully saturated rings. The topological polar surface area (TPSA) is 35.5 Å². The first-order chi connectivity index (χ1) is 14.5. The molecule has 0 N–H and O–H groups in total. The second-order valence-electron chi connectivity index (χ2n) is 8.06. The predicted molar refractivity (Wildman–Crippen MR) is 120 cm³/mol. The molecule has 0 bridgehead atoms. The molecular formula is C27H28O3. The number of hydrogen-bond donors (Lipinski definition) is 0. The van der Waals surface area contributed by atoms with E-state index in [0.29, 0.717) is 12.8 Å². The molecule has 0 aliphatic carbocycles. The minimum atomic E-state index is -0.173. The van der Waals surface area contributed by atoms with Crippen LogP contribution in [-0.4, -0.2) is 13.1 Å². The fraction of sp³-hybridized carbons (Fsp3) is 0.296. The first kappa shape index (κ1) is 20.2. The molecule has 1 heterocycles. The van der Waals surface area contributed by atoms with Gasteiger partial charge < -0.3 is 9.47 Å². The summed E-state index contributed by atoms with van der Waals surface area (Å²) in [6.45, 7) is 4.33. The van der Waals surface area contributed by atoms with E-state index in [1.807, 2.05) is 6.07 Å². The third-order valence-corrected chi connectivity index (χ3v) is 5.94. The lowest BCUT2D eigenvalue weighted by molar-refractivity contribution is -0.140. The lowest BCUT2D eigenvalue weighted by Crippen LogP contribution is -2.15. The van der Waals surface area contributed by atoms with Gasteiger partial charge in [0, 0.05) is 6.42 Å². The first-order valence-electron chi connectivity index (χ1n) is 10.6. The molecule has 1 atom stereocenters. The molecule has 3 aromatic carbocycles. The molecule has 0 saturated carbocycles. The molecule has 1 unspecified atom stereocenters. The summed E-state index contributed by atoms with van der Waals surface area (Å²) in [5.74, 6) is 0.776. The molecule has 3 nitrogen and oxygen atoms in total. The summed E-state index contributed by atoms with van der Waals surface area (Å²) >= 11 is 0. The highest BCUT2D eigenvalue weighted by Crippen LogP contribution is 2.37. The summed E-state index contributed by atoms with van der Waals surface area (Å²) in [5.41, 5.74) is 8.73. The Morgan fingerprint density at radius 2 is 1.80 bits per heavy atom. The summed E-state index contributed by atoms with van der Waals surface area (Å²) in [7, 11) is 1.43. The van der Waals surface area contributed by atoms with Crippen LogP contribution in [0.5, 0.6) is 5.75 Å². The molecule has 3 aromatic rings. The van der Waals surface area contributed by atoms with Crippen molar-refractivity contribution in [2.45, 2.75) is 45.6 Å². The van der Waals surface area contributed by atoms with Crippen LogP contribution >= 0.6 is 0 Å². The Kier molecular flexibility index (Phi) is 5.89. The van der Waals surface area contributed by atoms with Crippen molar-refractivity contribution in [1.82, 2.24) is 0 Å². The maximum atomic E-state index is 11.4. The van der Waals surface area contributed by atoms with Gasteiger partial charge in [-0.2, -0.15) is 0 Å². The van der Waals surface area contributed by atoms with E-state index in [9.17, 15) is 4.79 Å². The van der Waals surface area contributed by atoms with Crippen LogP contribution in [0.25, 0.3) is 11.1 Å². The van der Waals surface area contributed by atoms with Gasteiger partial charge in [0.1, 0.15) is 11.9 Å². The molecular weight excluding hydrogens is 372 g/mol. The van der Waals surface area contributed by atoms with E-state index >= 15 is 0 Å². The van der Waals surface area contributed by atoms with Gasteiger partial charge in [-0.25, -0.2) is 0 Å². The molecule has 0 aromatic heterocycles. The fourth-order valence-corrected chi connectivity index (χ4v) is 4.34. The minimum Gasteiger partial charge on any atom is -0.485 e. The number of carbonyl (C=O) groups excluding carboxylic acids is 1. The number of hydrogen-bond acceptors (Lipinski definition) is 3. The maximum absolute atomic E-state index is 11.4. The van der Waals surface area contributed by atoms with Crippen LogP contribution in [0.2, 0.25) is 0 Å². The number of benzene rings is 3. The molecule has 0 saturated heterocycles. The zero-order chi connectivity index (χ0) is 21.1. The first-order valence-corrected chi connectivity index (χ1v) is 10.6. The number of ether oxygens (including phenoxy) is 2. The smallest absolute Gasteiger partial charge is 0.305 e. The van der Waals surface area contributed by atoms with Crippen molar-refractivity contribution in [3.8, 4) is 16.9 Å². The molecule has 0 spiro atoms. The number of carbonyl (C=O) groups is 1. The van der Waals surface area contributed by atoms with E-state index < -0.39 is 0 Å². The molecule has 0 amide bonds. The Labute approximate surface area is 178 Å². The van der Waals surface area contributed by atoms with E-state index in [-0.39, 0.29) is 12.1 Å². The molecule has 0 radical (unpaired) electrons. The zero-order valence-electron chi connectivity index (χ0n) is 17.9. The van der Waals surface area contributed by atoms with Crippen molar-refractivity contribution < 1.29 is 14.3 Å². The largest absolute Gasteiger partial charge is 0.485 e. The molecule has 1 aliphatic rings. The molecule has 30 heavy (non-hydrogen) atoms. The van der Waals surface area contributed by atoms with Crippen LogP contribution in [0.3, 0.4) is 0 Å². The van der Waals surface area contributed by atoms with Crippen molar-refractivity contribution in [1.29, 1.82) is 0 Å². The van der Waals surface area contributed by atoms with Crippen LogP contribution < -0.4 is 4.74 Å². The highest BCUT2D eigenvalue weighted by molar-refractivity contribution is 5.71. The number of rotatable bonds is 5. The highest BCUT2D eigenvalue weighted by atomic mass is 16.5. The van der Waals surface area contributed by atoms with E-state index in [0.717, 1.165) is 24.2 Å². The Bertz CT molecular complexity index is 1050. The molecule has 4 rings (SSSR count). The predicted octanol–water partition coefficient (Wildman–Crippen LogP) is 6.14. The van der Waals surface area contributed by atoms with Gasteiger partial charge in [0.05, 0.1) is 7.11 Å². The van der Waals surface area contributed by atoms with Crippen molar-refractivity contribution >= 4 is 5.97 Å². The number of fused-ring (bicyclic) bond motifs is 1. The van der Waals surface area contributed by atoms with Crippen molar-refractivity contribution in [2.75, 3.05) is 7.11 Å². The van der Waals surface area contributed by atoms with Gasteiger partial charge in [-0.05, 0) is 84.2 Å². The van der Waals surface area contributed by atoms with Gasteiger partial charge in [0.25, 0.3) is 0 Å². The average Bonchev–Trinajstić information content (AvgIpc) is 2.77. The summed E-state index contributed by atoms with van der Waals surface area (Å²) in [4.78, 5) is 11.4. The number of aryl methyl sites for hydroxylation is 4. The lowest BCUT2D eigenvalue weighted by Gasteiger charge is -2.27. The third-order valence-electron chi connectivity index (χ3n) is 5.94. The molecule has 154 valence electrons. The van der Waals surface area contributed by atoms with E-state index in [1.54, 1.807) is 0 Å². The summed E-state index contributed by atoms with van der Waals surface area (Å²) in [6.07, 6.45) is 3.08. The Morgan fingerprint density at radius 1 is 1.03 bits per heavy atom. The summed E-state index contributed by atoms with van der Waals surface area (Å²) < 4.78 is 11.1. The fourth-order valence-electron chi connectivity index (χ4n) is 4.34. The SMILES string of the molecule is COC(=O)CCc1ccc2c(c1)CCC(c1cccc(-c3c(C)cccc3C)c1)O2. The van der Waals surface area contributed by atoms with E-state index in [2.05, 4.69) is 68.4 Å². The third kappa shape index (κ3) is 4.25. The van der Waals surface area contributed by atoms with Crippen LogP contribution in [0, 0.1) is 13.8 Å². The molecule has 1 aliphatic heterocycles. The van der Waals surface area contributed by atoms with Crippen LogP contribution in [0.15, 0.2) is 60.7 Å². The second kappa shape index (κ2) is 8.74. The number of methoxy groups -OCH3 is 1. The second-order valence-corrected chi connectivity index (χ2v) is 8.06. The van der Waals surface area contributed by atoms with E-state index in [1.165, 1.54) is 40.5 Å². The Hall–Kier alpha value is -3.07. The lowest BCUT2D eigenvalue weighted by atomic mass is 9.91.